The number of rotatable bonds is 2. The molecule has 88 valence electrons. The zero-order chi connectivity index (χ0) is 11.7. The van der Waals surface area contributed by atoms with Gasteiger partial charge in [-0.25, -0.2) is 9.78 Å². The van der Waals surface area contributed by atoms with Crippen LogP contribution in [-0.2, 0) is 4.74 Å². The van der Waals surface area contributed by atoms with Gasteiger partial charge in [0.1, 0.15) is 18.7 Å². The van der Waals surface area contributed by atoms with E-state index >= 15 is 0 Å². The molecule has 0 amide bonds. The quantitative estimate of drug-likeness (QED) is 0.527. The van der Waals surface area contributed by atoms with Gasteiger partial charge in [-0.05, 0) is 0 Å². The van der Waals surface area contributed by atoms with Gasteiger partial charge in [0.05, 0.1) is 12.7 Å². The predicted octanol–water partition coefficient (Wildman–Crippen LogP) is -2.14. The van der Waals surface area contributed by atoms with Crippen LogP contribution >= 0.6 is 0 Å². The summed E-state index contributed by atoms with van der Waals surface area (Å²) in [6, 6.07) is 0. The molecule has 1 saturated heterocycles. The number of nitrogens with two attached hydrogens (primary N) is 1. The van der Waals surface area contributed by atoms with Crippen LogP contribution in [0.15, 0.2) is 11.1 Å². The van der Waals surface area contributed by atoms with Gasteiger partial charge in [0.15, 0.2) is 0 Å². The molecule has 2 heterocycles. The summed E-state index contributed by atoms with van der Waals surface area (Å²) in [6.45, 7) is -0.303. The number of anilines is 1. The number of aromatic nitrogens is 3. The number of nitrogen functional groups attached to an aromatic ring is 1. The van der Waals surface area contributed by atoms with Crippen LogP contribution in [0, 0.1) is 0 Å². The highest BCUT2D eigenvalue weighted by atomic mass is 16.5. The van der Waals surface area contributed by atoms with Crippen LogP contribution in [0.2, 0.25) is 0 Å². The van der Waals surface area contributed by atoms with Crippen LogP contribution in [0.25, 0.3) is 0 Å². The normalized spacial score (nSPS) is 29.5. The number of hydrogen-bond acceptors (Lipinski definition) is 7. The minimum atomic E-state index is -0.806. The van der Waals surface area contributed by atoms with Crippen molar-refractivity contribution in [3.8, 4) is 0 Å². The first-order chi connectivity index (χ1) is 7.61. The van der Waals surface area contributed by atoms with E-state index in [4.69, 9.17) is 15.6 Å². The van der Waals surface area contributed by atoms with E-state index in [0.717, 1.165) is 4.57 Å². The fourth-order valence-electron chi connectivity index (χ4n) is 1.60. The lowest BCUT2D eigenvalue weighted by molar-refractivity contribution is -0.0462. The molecule has 1 aromatic rings. The van der Waals surface area contributed by atoms with Crippen LogP contribution < -0.4 is 11.4 Å². The summed E-state index contributed by atoms with van der Waals surface area (Å²) in [4.78, 5) is 18.5. The van der Waals surface area contributed by atoms with Crippen LogP contribution in [0.1, 0.15) is 12.6 Å². The van der Waals surface area contributed by atoms with E-state index in [-0.39, 0.29) is 19.0 Å². The van der Waals surface area contributed by atoms with Crippen LogP contribution in [0.3, 0.4) is 0 Å². The summed E-state index contributed by atoms with van der Waals surface area (Å²) in [5.74, 6) is -0.112. The van der Waals surface area contributed by atoms with Gasteiger partial charge in [0.25, 0.3) is 0 Å². The highest BCUT2D eigenvalue weighted by Gasteiger charge is 2.35. The van der Waals surface area contributed by atoms with E-state index in [2.05, 4.69) is 9.97 Å². The molecule has 0 aromatic carbocycles. The van der Waals surface area contributed by atoms with Crippen LogP contribution in [-0.4, -0.2) is 43.6 Å². The van der Waals surface area contributed by atoms with Crippen molar-refractivity contribution in [2.75, 3.05) is 12.3 Å². The largest absolute Gasteiger partial charge is 0.394 e. The maximum atomic E-state index is 11.4. The number of ether oxygens (including phenoxy) is 1. The minimum Gasteiger partial charge on any atom is -0.394 e. The lowest BCUT2D eigenvalue weighted by atomic mass is 10.2. The maximum absolute atomic E-state index is 11.4. The third kappa shape index (κ3) is 1.90. The molecular formula is C8H12N4O4. The molecule has 0 spiro atoms. The smallest absolute Gasteiger partial charge is 0.354 e. The van der Waals surface area contributed by atoms with E-state index in [1.54, 1.807) is 0 Å². The number of aliphatic hydroxyl groups is 2. The first-order valence-corrected chi connectivity index (χ1v) is 4.77. The first kappa shape index (κ1) is 11.0. The molecule has 8 heteroatoms. The van der Waals surface area contributed by atoms with Gasteiger partial charge in [-0.2, -0.15) is 4.98 Å². The molecule has 2 rings (SSSR count). The average Bonchev–Trinajstić information content (AvgIpc) is 2.59. The van der Waals surface area contributed by atoms with Crippen molar-refractivity contribution in [2.24, 2.45) is 0 Å². The molecule has 1 aliphatic heterocycles. The van der Waals surface area contributed by atoms with Crippen molar-refractivity contribution in [1.82, 2.24) is 14.5 Å². The Kier molecular flexibility index (Phi) is 2.86. The van der Waals surface area contributed by atoms with E-state index in [1.165, 1.54) is 6.33 Å². The van der Waals surface area contributed by atoms with Crippen molar-refractivity contribution >= 4 is 5.95 Å². The number of hydrogen-bond donors (Lipinski definition) is 3. The second-order valence-corrected chi connectivity index (χ2v) is 3.52. The maximum Gasteiger partial charge on any atom is 0.354 e. The summed E-state index contributed by atoms with van der Waals surface area (Å²) >= 11 is 0. The molecule has 8 nitrogen and oxygen atoms in total. The molecule has 0 unspecified atom stereocenters. The molecule has 0 aliphatic carbocycles. The average molecular weight is 228 g/mol. The standard InChI is InChI=1S/C8H12N4O4/c9-7-10-3-12(8(15)11-7)6-1-4(14)5(2-13)16-6/h3-6,13-14H,1-2H2,(H2,9,11,15)/t4-,5+,6+/m1/s1. The molecular weight excluding hydrogens is 216 g/mol. The molecule has 1 fully saturated rings. The summed E-state index contributed by atoms with van der Waals surface area (Å²) < 4.78 is 6.41. The van der Waals surface area contributed by atoms with E-state index in [9.17, 15) is 9.90 Å². The third-order valence-electron chi connectivity index (χ3n) is 2.44. The van der Waals surface area contributed by atoms with Crippen LogP contribution in [0.4, 0.5) is 5.95 Å². The molecule has 3 atom stereocenters. The highest BCUT2D eigenvalue weighted by Crippen LogP contribution is 2.26. The van der Waals surface area contributed by atoms with Gasteiger partial charge < -0.3 is 20.7 Å². The second kappa shape index (κ2) is 4.16. The fourth-order valence-corrected chi connectivity index (χ4v) is 1.60. The monoisotopic (exact) mass is 228 g/mol. The minimum absolute atomic E-state index is 0.112. The molecule has 4 N–H and O–H groups in total. The van der Waals surface area contributed by atoms with Gasteiger partial charge in [0, 0.05) is 6.42 Å². The van der Waals surface area contributed by atoms with E-state index < -0.39 is 24.1 Å². The van der Waals surface area contributed by atoms with E-state index in [0.29, 0.717) is 0 Å². The van der Waals surface area contributed by atoms with Gasteiger partial charge in [-0.1, -0.05) is 0 Å². The summed E-state index contributed by atoms with van der Waals surface area (Å²) in [6.07, 6.45) is -0.741. The number of aliphatic hydroxyl groups excluding tert-OH is 2. The first-order valence-electron chi connectivity index (χ1n) is 4.77. The van der Waals surface area contributed by atoms with E-state index in [1.807, 2.05) is 0 Å². The van der Waals surface area contributed by atoms with Gasteiger partial charge in [0.2, 0.25) is 5.95 Å². The van der Waals surface area contributed by atoms with Crippen molar-refractivity contribution in [3.05, 3.63) is 16.8 Å². The summed E-state index contributed by atoms with van der Waals surface area (Å²) in [5.41, 5.74) is 4.65. The van der Waals surface area contributed by atoms with Crippen LogP contribution in [0.5, 0.6) is 0 Å². The molecule has 1 aromatic heterocycles. The predicted molar refractivity (Wildman–Crippen MR) is 52.3 cm³/mol. The topological polar surface area (TPSA) is 123 Å². The Hall–Kier alpha value is -1.51. The Morgan fingerprint density at radius 1 is 1.69 bits per heavy atom. The Morgan fingerprint density at radius 3 is 3.00 bits per heavy atom. The van der Waals surface area contributed by atoms with Gasteiger partial charge in [-0.3, -0.25) is 4.57 Å². The summed E-state index contributed by atoms with van der Waals surface area (Å²) in [5, 5.41) is 18.4. The zero-order valence-electron chi connectivity index (χ0n) is 8.35. The van der Waals surface area contributed by atoms with Crippen molar-refractivity contribution < 1.29 is 14.9 Å². The molecule has 16 heavy (non-hydrogen) atoms. The molecule has 1 aliphatic rings. The lowest BCUT2D eigenvalue weighted by Gasteiger charge is -2.13. The van der Waals surface area contributed by atoms with Gasteiger partial charge >= 0.3 is 5.69 Å². The SMILES string of the molecule is Nc1ncn([C@@H]2C[C@@H](O)[C@H](CO)O2)c(=O)n1. The Balaban J connectivity index is 2.23. The Labute approximate surface area is 90.3 Å². The summed E-state index contributed by atoms with van der Waals surface area (Å²) in [7, 11) is 0. The molecule has 0 bridgehead atoms. The Bertz CT molecular complexity index is 434. The third-order valence-corrected chi connectivity index (χ3v) is 2.44. The fraction of sp³-hybridized carbons (Fsp3) is 0.625. The zero-order valence-corrected chi connectivity index (χ0v) is 8.35. The number of nitrogens with zero attached hydrogens (tertiary/aromatic N) is 3. The van der Waals surface area contributed by atoms with Crippen molar-refractivity contribution in [2.45, 2.75) is 24.9 Å². The molecule has 0 radical (unpaired) electrons. The second-order valence-electron chi connectivity index (χ2n) is 3.52. The molecule has 0 saturated carbocycles. The lowest BCUT2D eigenvalue weighted by Crippen LogP contribution is -2.28. The van der Waals surface area contributed by atoms with Crippen molar-refractivity contribution in [1.29, 1.82) is 0 Å². The van der Waals surface area contributed by atoms with Gasteiger partial charge in [-0.15, -0.1) is 0 Å². The highest BCUT2D eigenvalue weighted by molar-refractivity contribution is 5.09. The van der Waals surface area contributed by atoms with Crippen molar-refractivity contribution in [3.63, 3.8) is 0 Å². The Morgan fingerprint density at radius 2 is 2.44 bits per heavy atom.